The molecule has 27 heavy (non-hydrogen) atoms. The number of aromatic hydroxyl groups is 1. The highest BCUT2D eigenvalue weighted by Crippen LogP contribution is 2.45. The van der Waals surface area contributed by atoms with Crippen molar-refractivity contribution in [1.29, 1.82) is 0 Å². The fourth-order valence-corrected chi connectivity index (χ4v) is 3.90. The second kappa shape index (κ2) is 10.1. The third-order valence-electron chi connectivity index (χ3n) is 4.52. The van der Waals surface area contributed by atoms with Crippen LogP contribution in [0.5, 0.6) is 5.75 Å². The van der Waals surface area contributed by atoms with Crippen LogP contribution >= 0.6 is 7.60 Å². The van der Waals surface area contributed by atoms with E-state index in [2.05, 4.69) is 24.4 Å². The summed E-state index contributed by atoms with van der Waals surface area (Å²) in [6.45, 7) is 12.2. The molecule has 0 saturated heterocycles. The largest absolute Gasteiger partial charge is 0.508 e. The second-order valence-electron chi connectivity index (χ2n) is 6.91. The molecule has 4 nitrogen and oxygen atoms in total. The Hall–Kier alpha value is -1.61. The fourth-order valence-electron chi connectivity index (χ4n) is 3.13. The van der Waals surface area contributed by atoms with Crippen molar-refractivity contribution in [2.24, 2.45) is 0 Å². The molecule has 0 spiro atoms. The molecule has 0 saturated carbocycles. The summed E-state index contributed by atoms with van der Waals surface area (Å²) in [5, 5.41) is 9.99. The minimum absolute atomic E-state index is 0.0160. The highest BCUT2D eigenvalue weighted by atomic mass is 31.2. The van der Waals surface area contributed by atoms with Crippen LogP contribution in [-0.4, -0.2) is 17.1 Å². The molecule has 2 aromatic carbocycles. The van der Waals surface area contributed by atoms with Gasteiger partial charge in [-0.25, -0.2) is 0 Å². The summed E-state index contributed by atoms with van der Waals surface area (Å²) >= 11 is 0. The van der Waals surface area contributed by atoms with Gasteiger partial charge in [-0.05, 0) is 65.6 Å². The molecule has 0 fully saturated rings. The average molecular weight is 392 g/mol. The van der Waals surface area contributed by atoms with Gasteiger partial charge in [0.2, 0.25) is 0 Å². The molecular weight excluding hydrogens is 359 g/mol. The maximum absolute atomic E-state index is 11.8. The van der Waals surface area contributed by atoms with Crippen LogP contribution in [0.2, 0.25) is 0 Å². The molecule has 1 atom stereocenters. The number of hydrogen-bond acceptors (Lipinski definition) is 3. The molecule has 2 N–H and O–H groups in total. The molecule has 5 heteroatoms. The minimum Gasteiger partial charge on any atom is -0.508 e. The zero-order chi connectivity index (χ0) is 20.8. The number of benzene rings is 2. The van der Waals surface area contributed by atoms with E-state index in [0.29, 0.717) is 5.75 Å². The van der Waals surface area contributed by atoms with Gasteiger partial charge in [0.05, 0.1) is 6.16 Å². The summed E-state index contributed by atoms with van der Waals surface area (Å²) in [6.07, 6.45) is 0.779. The predicted octanol–water partition coefficient (Wildman–Crippen LogP) is 6.08. The monoisotopic (exact) mass is 392 g/mol. The quantitative estimate of drug-likeness (QED) is 0.585. The van der Waals surface area contributed by atoms with E-state index >= 15 is 0 Å². The number of aryl methyl sites for hydroxylation is 2. The van der Waals surface area contributed by atoms with Crippen LogP contribution in [0.15, 0.2) is 30.3 Å². The van der Waals surface area contributed by atoms with Gasteiger partial charge in [-0.3, -0.25) is 4.57 Å². The molecule has 0 aliphatic heterocycles. The van der Waals surface area contributed by atoms with E-state index in [1.54, 1.807) is 6.07 Å². The van der Waals surface area contributed by atoms with Gasteiger partial charge < -0.3 is 14.5 Å². The van der Waals surface area contributed by atoms with Crippen LogP contribution in [0, 0.1) is 13.8 Å². The first-order valence-electron chi connectivity index (χ1n) is 9.41. The normalized spacial score (nSPS) is 13.1. The summed E-state index contributed by atoms with van der Waals surface area (Å²) in [4.78, 5) is 9.68. The molecule has 0 radical (unpaired) electrons. The van der Waals surface area contributed by atoms with Gasteiger partial charge in [-0.1, -0.05) is 52.0 Å². The third kappa shape index (κ3) is 6.49. The van der Waals surface area contributed by atoms with E-state index < -0.39 is 7.60 Å². The van der Waals surface area contributed by atoms with E-state index in [-0.39, 0.29) is 12.1 Å². The lowest BCUT2D eigenvalue weighted by atomic mass is 9.92. The number of hydrogen-bond donors (Lipinski definition) is 2. The van der Waals surface area contributed by atoms with Crippen molar-refractivity contribution in [2.75, 3.05) is 7.11 Å². The highest BCUT2D eigenvalue weighted by molar-refractivity contribution is 7.51. The van der Waals surface area contributed by atoms with Crippen molar-refractivity contribution in [3.05, 3.63) is 63.7 Å². The molecule has 0 amide bonds. The van der Waals surface area contributed by atoms with Crippen LogP contribution < -0.4 is 0 Å². The molecule has 0 bridgehead atoms. The Kier molecular flexibility index (Phi) is 8.74. The second-order valence-corrected chi connectivity index (χ2v) is 8.87. The Morgan fingerprint density at radius 3 is 2.07 bits per heavy atom. The summed E-state index contributed by atoms with van der Waals surface area (Å²) in [6, 6.07) is 9.66. The van der Waals surface area contributed by atoms with E-state index in [0.717, 1.165) is 34.2 Å². The molecule has 150 valence electrons. The van der Waals surface area contributed by atoms with Crippen molar-refractivity contribution >= 4 is 7.60 Å². The first-order chi connectivity index (χ1) is 12.6. The number of rotatable bonds is 6. The summed E-state index contributed by atoms with van der Waals surface area (Å²) in [5.41, 5.74) is 6.28. The molecule has 2 aromatic rings. The fraction of sp³-hybridized carbons (Fsp3) is 0.455. The van der Waals surface area contributed by atoms with Crippen molar-refractivity contribution in [2.45, 2.75) is 60.0 Å². The molecule has 0 aliphatic rings. The van der Waals surface area contributed by atoms with Crippen molar-refractivity contribution < 1.29 is 19.1 Å². The lowest BCUT2D eigenvalue weighted by Crippen LogP contribution is -2.00. The summed E-state index contributed by atoms with van der Waals surface area (Å²) in [5.74, 6) is 0.595. The smallest absolute Gasteiger partial charge is 0.332 e. The van der Waals surface area contributed by atoms with Crippen LogP contribution in [0.4, 0.5) is 0 Å². The lowest BCUT2D eigenvalue weighted by Gasteiger charge is -2.16. The van der Waals surface area contributed by atoms with Gasteiger partial charge in [0.25, 0.3) is 0 Å². The van der Waals surface area contributed by atoms with Crippen molar-refractivity contribution in [1.82, 2.24) is 0 Å². The first kappa shape index (κ1) is 23.4. The van der Waals surface area contributed by atoms with Crippen LogP contribution in [0.3, 0.4) is 0 Å². The predicted molar refractivity (Wildman–Crippen MR) is 113 cm³/mol. The van der Waals surface area contributed by atoms with E-state index in [1.807, 2.05) is 45.9 Å². The highest BCUT2D eigenvalue weighted by Gasteiger charge is 2.19. The molecule has 0 aliphatic carbocycles. The molecular formula is C22H33O4P. The molecule has 0 aromatic heterocycles. The average Bonchev–Trinajstić information content (AvgIpc) is 2.60. The van der Waals surface area contributed by atoms with E-state index in [4.69, 9.17) is 0 Å². The lowest BCUT2D eigenvalue weighted by molar-refractivity contribution is 0.314. The maximum atomic E-state index is 11.8. The summed E-state index contributed by atoms with van der Waals surface area (Å²) in [7, 11) is -2.31. The Labute approximate surface area is 163 Å². The van der Waals surface area contributed by atoms with Crippen LogP contribution in [-0.2, 0) is 21.7 Å². The van der Waals surface area contributed by atoms with E-state index in [9.17, 15) is 14.6 Å². The Morgan fingerprint density at radius 1 is 1.04 bits per heavy atom. The number of phenols is 1. The molecule has 0 heterocycles. The van der Waals surface area contributed by atoms with Crippen molar-refractivity contribution in [3.8, 4) is 5.75 Å². The Morgan fingerprint density at radius 2 is 1.59 bits per heavy atom. The first-order valence-corrected chi connectivity index (χ1v) is 11.2. The number of phenolic OH excluding ortho intramolecular Hbond substituents is 1. The zero-order valence-electron chi connectivity index (χ0n) is 17.5. The third-order valence-corrected chi connectivity index (χ3v) is 5.85. The van der Waals surface area contributed by atoms with E-state index in [1.165, 1.54) is 12.7 Å². The standard InChI is InChI=1S/C20H27O4P.C2H6/c1-13(2)18-10-16(6-7-20(18)21)11-19-14(3)8-17(9-15(19)4)12-25(22,23)24-5;1-2/h6-10,13,21H,11-12H2,1-5H3,(H,22,23);1-2H3. The van der Waals surface area contributed by atoms with Gasteiger partial charge >= 0.3 is 7.60 Å². The van der Waals surface area contributed by atoms with Gasteiger partial charge in [0.1, 0.15) is 5.75 Å². The minimum atomic E-state index is -3.57. The SMILES string of the molecule is CC.COP(=O)(O)Cc1cc(C)c(Cc2ccc(O)c(C(C)C)c2)c(C)c1. The van der Waals surface area contributed by atoms with Crippen LogP contribution in [0.25, 0.3) is 0 Å². The maximum Gasteiger partial charge on any atom is 0.332 e. The topological polar surface area (TPSA) is 66.8 Å². The molecule has 2 rings (SSSR count). The van der Waals surface area contributed by atoms with Crippen molar-refractivity contribution in [3.63, 3.8) is 0 Å². The Bertz CT molecular complexity index is 789. The zero-order valence-corrected chi connectivity index (χ0v) is 18.4. The summed E-state index contributed by atoms with van der Waals surface area (Å²) < 4.78 is 16.5. The molecule has 1 unspecified atom stereocenters. The van der Waals surface area contributed by atoms with Gasteiger partial charge in [-0.2, -0.15) is 0 Å². The van der Waals surface area contributed by atoms with Gasteiger partial charge in [0, 0.05) is 7.11 Å². The van der Waals surface area contributed by atoms with Gasteiger partial charge in [-0.15, -0.1) is 0 Å². The van der Waals surface area contributed by atoms with Gasteiger partial charge in [0.15, 0.2) is 0 Å². The Balaban J connectivity index is 0.00000176. The van der Waals surface area contributed by atoms with Crippen LogP contribution in [0.1, 0.15) is 67.0 Å².